The third-order valence-electron chi connectivity index (χ3n) is 3.16. The lowest BCUT2D eigenvalue weighted by Crippen LogP contribution is -2.26. The number of halogens is 1. The van der Waals surface area contributed by atoms with Gasteiger partial charge in [-0.25, -0.2) is 0 Å². The zero-order valence-electron chi connectivity index (χ0n) is 8.82. The summed E-state index contributed by atoms with van der Waals surface area (Å²) in [6, 6.07) is 7.76. The minimum Gasteiger partial charge on any atom is -0.378 e. The van der Waals surface area contributed by atoms with Crippen LogP contribution in [-0.4, -0.2) is 12.7 Å². The molecule has 0 saturated carbocycles. The standard InChI is InChI=1S/C12H16ClNO/c1-8-9(6-7-15-8)12(14)10-4-2-3-5-11(10)13/h2-5,8-9,12H,6-7,14H2,1H3. The minimum atomic E-state index is -0.0174. The van der Waals surface area contributed by atoms with Gasteiger partial charge >= 0.3 is 0 Å². The summed E-state index contributed by atoms with van der Waals surface area (Å²) >= 11 is 6.12. The zero-order valence-corrected chi connectivity index (χ0v) is 9.58. The third kappa shape index (κ3) is 2.17. The third-order valence-corrected chi connectivity index (χ3v) is 3.50. The van der Waals surface area contributed by atoms with Gasteiger partial charge < -0.3 is 10.5 Å². The lowest BCUT2D eigenvalue weighted by atomic mass is 9.89. The summed E-state index contributed by atoms with van der Waals surface area (Å²) in [5, 5.41) is 0.754. The molecule has 2 nitrogen and oxygen atoms in total. The van der Waals surface area contributed by atoms with Crippen LogP contribution in [0, 0.1) is 5.92 Å². The summed E-state index contributed by atoms with van der Waals surface area (Å²) in [4.78, 5) is 0. The van der Waals surface area contributed by atoms with Gasteiger partial charge in [-0.3, -0.25) is 0 Å². The van der Waals surface area contributed by atoms with E-state index in [1.807, 2.05) is 24.3 Å². The fraction of sp³-hybridized carbons (Fsp3) is 0.500. The number of benzene rings is 1. The van der Waals surface area contributed by atoms with Crippen LogP contribution < -0.4 is 5.73 Å². The Labute approximate surface area is 95.4 Å². The highest BCUT2D eigenvalue weighted by atomic mass is 35.5. The normalized spacial score (nSPS) is 27.9. The van der Waals surface area contributed by atoms with E-state index in [2.05, 4.69) is 6.92 Å². The molecule has 0 amide bonds. The van der Waals surface area contributed by atoms with Gasteiger partial charge in [-0.1, -0.05) is 29.8 Å². The highest BCUT2D eigenvalue weighted by Gasteiger charge is 2.31. The van der Waals surface area contributed by atoms with Gasteiger partial charge in [0.2, 0.25) is 0 Å². The molecular formula is C12H16ClNO. The van der Waals surface area contributed by atoms with Gasteiger partial charge in [0.05, 0.1) is 6.10 Å². The lowest BCUT2D eigenvalue weighted by molar-refractivity contribution is 0.0995. The molecule has 0 bridgehead atoms. The largest absolute Gasteiger partial charge is 0.378 e. The molecule has 0 aliphatic carbocycles. The van der Waals surface area contributed by atoms with Gasteiger partial charge in [-0.2, -0.15) is 0 Å². The number of hydrogen-bond donors (Lipinski definition) is 1. The van der Waals surface area contributed by atoms with Crippen molar-refractivity contribution in [3.8, 4) is 0 Å². The van der Waals surface area contributed by atoms with Crippen LogP contribution >= 0.6 is 11.6 Å². The molecule has 82 valence electrons. The first kappa shape index (κ1) is 10.9. The molecule has 15 heavy (non-hydrogen) atoms. The summed E-state index contributed by atoms with van der Waals surface area (Å²) < 4.78 is 5.52. The van der Waals surface area contributed by atoms with E-state index in [4.69, 9.17) is 22.1 Å². The van der Waals surface area contributed by atoms with Gasteiger partial charge in [0.15, 0.2) is 0 Å². The maximum Gasteiger partial charge on any atom is 0.0594 e. The fourth-order valence-corrected chi connectivity index (χ4v) is 2.46. The number of hydrogen-bond acceptors (Lipinski definition) is 2. The Bertz CT molecular complexity index is 342. The molecule has 1 saturated heterocycles. The Kier molecular flexibility index (Phi) is 3.29. The van der Waals surface area contributed by atoms with Crippen molar-refractivity contribution in [1.29, 1.82) is 0 Å². The highest BCUT2D eigenvalue weighted by Crippen LogP contribution is 2.34. The Morgan fingerprint density at radius 1 is 1.47 bits per heavy atom. The minimum absolute atomic E-state index is 0.0174. The molecule has 1 aliphatic rings. The first-order chi connectivity index (χ1) is 7.20. The van der Waals surface area contributed by atoms with Crippen LogP contribution in [0.25, 0.3) is 0 Å². The number of ether oxygens (including phenoxy) is 1. The van der Waals surface area contributed by atoms with Gasteiger partial charge in [0.1, 0.15) is 0 Å². The van der Waals surface area contributed by atoms with Crippen LogP contribution in [0.15, 0.2) is 24.3 Å². The van der Waals surface area contributed by atoms with Crippen LogP contribution in [0.1, 0.15) is 24.9 Å². The number of rotatable bonds is 2. The van der Waals surface area contributed by atoms with Gasteiger partial charge in [-0.05, 0) is 25.0 Å². The molecule has 3 atom stereocenters. The van der Waals surface area contributed by atoms with Crippen LogP contribution in [0.3, 0.4) is 0 Å². The molecule has 3 heteroatoms. The monoisotopic (exact) mass is 225 g/mol. The molecule has 1 heterocycles. The van der Waals surface area contributed by atoms with Crippen molar-refractivity contribution >= 4 is 11.6 Å². The summed E-state index contributed by atoms with van der Waals surface area (Å²) in [6.07, 6.45) is 1.25. The van der Waals surface area contributed by atoms with Crippen molar-refractivity contribution in [3.05, 3.63) is 34.9 Å². The predicted octanol–water partition coefficient (Wildman–Crippen LogP) is 2.76. The van der Waals surface area contributed by atoms with Crippen molar-refractivity contribution < 1.29 is 4.74 Å². The Morgan fingerprint density at radius 2 is 2.20 bits per heavy atom. The molecule has 0 spiro atoms. The molecule has 3 unspecified atom stereocenters. The topological polar surface area (TPSA) is 35.2 Å². The van der Waals surface area contributed by atoms with Crippen molar-refractivity contribution in [3.63, 3.8) is 0 Å². The van der Waals surface area contributed by atoms with E-state index in [1.54, 1.807) is 0 Å². The van der Waals surface area contributed by atoms with Crippen molar-refractivity contribution in [2.75, 3.05) is 6.61 Å². The average molecular weight is 226 g/mol. The molecule has 2 rings (SSSR count). The average Bonchev–Trinajstić information content (AvgIpc) is 2.64. The lowest BCUT2D eigenvalue weighted by Gasteiger charge is -2.23. The van der Waals surface area contributed by atoms with Gasteiger partial charge in [0.25, 0.3) is 0 Å². The van der Waals surface area contributed by atoms with Gasteiger partial charge in [0, 0.05) is 23.6 Å². The van der Waals surface area contributed by atoms with E-state index >= 15 is 0 Å². The number of nitrogens with two attached hydrogens (primary N) is 1. The molecule has 1 aromatic carbocycles. The van der Waals surface area contributed by atoms with Crippen LogP contribution in [0.4, 0.5) is 0 Å². The first-order valence-electron chi connectivity index (χ1n) is 5.31. The maximum absolute atomic E-state index is 6.23. The predicted molar refractivity (Wildman–Crippen MR) is 61.9 cm³/mol. The van der Waals surface area contributed by atoms with Crippen LogP contribution in [0.2, 0.25) is 5.02 Å². The molecule has 0 aromatic heterocycles. The van der Waals surface area contributed by atoms with E-state index in [-0.39, 0.29) is 12.1 Å². The molecule has 1 aromatic rings. The molecule has 1 fully saturated rings. The highest BCUT2D eigenvalue weighted by molar-refractivity contribution is 6.31. The maximum atomic E-state index is 6.23. The first-order valence-corrected chi connectivity index (χ1v) is 5.69. The molecule has 1 aliphatic heterocycles. The zero-order chi connectivity index (χ0) is 10.8. The van der Waals surface area contributed by atoms with Gasteiger partial charge in [-0.15, -0.1) is 0 Å². The smallest absolute Gasteiger partial charge is 0.0594 e. The van der Waals surface area contributed by atoms with E-state index in [0.29, 0.717) is 5.92 Å². The summed E-state index contributed by atoms with van der Waals surface area (Å²) in [6.45, 7) is 2.89. The second-order valence-corrected chi connectivity index (χ2v) is 4.48. The van der Waals surface area contributed by atoms with E-state index < -0.39 is 0 Å². The Balaban J connectivity index is 2.20. The molecular weight excluding hydrogens is 210 g/mol. The fourth-order valence-electron chi connectivity index (χ4n) is 2.20. The van der Waals surface area contributed by atoms with E-state index in [9.17, 15) is 0 Å². The van der Waals surface area contributed by atoms with Crippen molar-refractivity contribution in [2.45, 2.75) is 25.5 Å². The summed E-state index contributed by atoms with van der Waals surface area (Å²) in [5.41, 5.74) is 7.26. The van der Waals surface area contributed by atoms with E-state index in [0.717, 1.165) is 23.6 Å². The van der Waals surface area contributed by atoms with Crippen molar-refractivity contribution in [2.24, 2.45) is 11.7 Å². The summed E-state index contributed by atoms with van der Waals surface area (Å²) in [7, 11) is 0. The van der Waals surface area contributed by atoms with Crippen LogP contribution in [0.5, 0.6) is 0 Å². The van der Waals surface area contributed by atoms with E-state index in [1.165, 1.54) is 0 Å². The van der Waals surface area contributed by atoms with Crippen molar-refractivity contribution in [1.82, 2.24) is 0 Å². The molecule has 2 N–H and O–H groups in total. The van der Waals surface area contributed by atoms with Crippen LogP contribution in [-0.2, 0) is 4.74 Å². The quantitative estimate of drug-likeness (QED) is 0.840. The second-order valence-electron chi connectivity index (χ2n) is 4.08. The second kappa shape index (κ2) is 4.52. The Morgan fingerprint density at radius 3 is 2.80 bits per heavy atom. The Hall–Kier alpha value is -0.570. The SMILES string of the molecule is CC1OCCC1C(N)c1ccccc1Cl. The summed E-state index contributed by atoms with van der Waals surface area (Å²) in [5.74, 6) is 0.380. The molecule has 0 radical (unpaired) electrons.